The lowest BCUT2D eigenvalue weighted by molar-refractivity contribution is -0.130. The number of halogens is 2. The molecule has 1 amide bonds. The fourth-order valence-electron chi connectivity index (χ4n) is 5.91. The van der Waals surface area contributed by atoms with Gasteiger partial charge in [-0.05, 0) is 85.0 Å². The molecule has 0 aliphatic carbocycles. The smallest absolute Gasteiger partial charge is 0.224 e. The number of amides is 1. The summed E-state index contributed by atoms with van der Waals surface area (Å²) in [4.78, 5) is 15.2. The van der Waals surface area contributed by atoms with Crippen LogP contribution < -0.4 is 5.32 Å². The van der Waals surface area contributed by atoms with Gasteiger partial charge < -0.3 is 10.2 Å². The predicted octanol–water partition coefficient (Wildman–Crippen LogP) is 6.69. The van der Waals surface area contributed by atoms with Crippen molar-refractivity contribution in [3.63, 3.8) is 0 Å². The van der Waals surface area contributed by atoms with Crippen molar-refractivity contribution in [3.8, 4) is 0 Å². The fourth-order valence-corrected chi connectivity index (χ4v) is 6.31. The molecule has 2 fully saturated rings. The van der Waals surface area contributed by atoms with Crippen LogP contribution >= 0.6 is 23.2 Å². The Balaban J connectivity index is 1.77. The van der Waals surface area contributed by atoms with E-state index in [1.807, 2.05) is 17.0 Å². The molecular weight excluding hydrogens is 439 g/mol. The first-order valence-electron chi connectivity index (χ1n) is 11.8. The van der Waals surface area contributed by atoms with Crippen molar-refractivity contribution in [1.82, 2.24) is 10.2 Å². The largest absolute Gasteiger partial charge is 0.343 e. The average Bonchev–Trinajstić information content (AvgIpc) is 3.38. The van der Waals surface area contributed by atoms with Gasteiger partial charge in [0.05, 0.1) is 0 Å². The van der Waals surface area contributed by atoms with Gasteiger partial charge in [0, 0.05) is 47.6 Å². The minimum Gasteiger partial charge on any atom is -0.343 e. The fraction of sp³-hybridized carbons (Fsp3) is 0.519. The highest BCUT2D eigenvalue weighted by atomic mass is 35.5. The second-order valence-corrected chi connectivity index (χ2v) is 10.8. The van der Waals surface area contributed by atoms with Crippen molar-refractivity contribution in [2.45, 2.75) is 65.0 Å². The zero-order chi connectivity index (χ0) is 23.0. The summed E-state index contributed by atoms with van der Waals surface area (Å²) >= 11 is 12.7. The molecule has 0 bridgehead atoms. The van der Waals surface area contributed by atoms with Crippen LogP contribution in [0.2, 0.25) is 10.0 Å². The summed E-state index contributed by atoms with van der Waals surface area (Å²) in [6.45, 7) is 10.6. The molecule has 172 valence electrons. The molecule has 4 unspecified atom stereocenters. The maximum Gasteiger partial charge on any atom is 0.224 e. The van der Waals surface area contributed by atoms with Crippen molar-refractivity contribution in [1.29, 1.82) is 0 Å². The lowest BCUT2D eigenvalue weighted by Gasteiger charge is -2.31. The van der Waals surface area contributed by atoms with E-state index >= 15 is 0 Å². The minimum absolute atomic E-state index is 0.0948. The zero-order valence-corrected chi connectivity index (χ0v) is 21.0. The van der Waals surface area contributed by atoms with E-state index in [4.69, 9.17) is 23.2 Å². The van der Waals surface area contributed by atoms with Crippen LogP contribution in [0.3, 0.4) is 0 Å². The van der Waals surface area contributed by atoms with Gasteiger partial charge in [-0.1, -0.05) is 49.2 Å². The van der Waals surface area contributed by atoms with Gasteiger partial charge in [0.25, 0.3) is 0 Å². The summed E-state index contributed by atoms with van der Waals surface area (Å²) in [6.07, 6.45) is 2.78. The number of hydrogen-bond donors (Lipinski definition) is 1. The zero-order valence-electron chi connectivity index (χ0n) is 19.5. The molecule has 4 atom stereocenters. The average molecular weight is 473 g/mol. The van der Waals surface area contributed by atoms with E-state index in [9.17, 15) is 4.79 Å². The molecular formula is C27H34Cl2N2O. The summed E-state index contributed by atoms with van der Waals surface area (Å²) < 4.78 is 0. The van der Waals surface area contributed by atoms with Gasteiger partial charge in [0.15, 0.2) is 0 Å². The minimum atomic E-state index is 0.0948. The molecule has 2 aliphatic rings. The number of hydrogen-bond acceptors (Lipinski definition) is 2. The number of aryl methyl sites for hydroxylation is 2. The van der Waals surface area contributed by atoms with E-state index in [0.29, 0.717) is 18.3 Å². The van der Waals surface area contributed by atoms with Crippen molar-refractivity contribution in [2.75, 3.05) is 13.1 Å². The van der Waals surface area contributed by atoms with Gasteiger partial charge in [0.1, 0.15) is 0 Å². The molecule has 2 heterocycles. The van der Waals surface area contributed by atoms with Gasteiger partial charge in [-0.2, -0.15) is 0 Å². The highest BCUT2D eigenvalue weighted by molar-refractivity contribution is 6.31. The molecule has 2 aliphatic heterocycles. The van der Waals surface area contributed by atoms with Crippen LogP contribution in [-0.2, 0) is 4.79 Å². The van der Waals surface area contributed by atoms with E-state index in [-0.39, 0.29) is 23.9 Å². The van der Waals surface area contributed by atoms with E-state index in [1.54, 1.807) is 0 Å². The van der Waals surface area contributed by atoms with Crippen LogP contribution in [0.4, 0.5) is 0 Å². The monoisotopic (exact) mass is 472 g/mol. The summed E-state index contributed by atoms with van der Waals surface area (Å²) in [5.41, 5.74) is 4.95. The lowest BCUT2D eigenvalue weighted by Crippen LogP contribution is -2.38. The molecule has 2 aromatic carbocycles. The van der Waals surface area contributed by atoms with Crippen LogP contribution in [0.15, 0.2) is 36.4 Å². The van der Waals surface area contributed by atoms with Crippen LogP contribution in [-0.4, -0.2) is 29.9 Å². The summed E-state index contributed by atoms with van der Waals surface area (Å²) in [6, 6.07) is 12.6. The maximum absolute atomic E-state index is 13.1. The van der Waals surface area contributed by atoms with Crippen LogP contribution in [0.1, 0.15) is 67.3 Å². The summed E-state index contributed by atoms with van der Waals surface area (Å²) in [7, 11) is 0. The molecule has 1 N–H and O–H groups in total. The molecule has 0 saturated carbocycles. The van der Waals surface area contributed by atoms with E-state index in [2.05, 4.69) is 57.3 Å². The van der Waals surface area contributed by atoms with Gasteiger partial charge >= 0.3 is 0 Å². The van der Waals surface area contributed by atoms with E-state index < -0.39 is 0 Å². The highest BCUT2D eigenvalue weighted by Gasteiger charge is 2.47. The molecule has 3 nitrogen and oxygen atoms in total. The van der Waals surface area contributed by atoms with Crippen molar-refractivity contribution >= 4 is 29.1 Å². The number of likely N-dealkylation sites (tertiary alicyclic amines) is 1. The second kappa shape index (κ2) is 9.75. The Bertz CT molecular complexity index is 984. The SMILES string of the molecule is Cc1ccc(Cl)cc1C1NC(CC(=O)N2CCCC2)C(C(C)C)C1c1ccc(Cl)cc1C. The Kier molecular flexibility index (Phi) is 7.19. The van der Waals surface area contributed by atoms with Crippen LogP contribution in [0.5, 0.6) is 0 Å². The molecule has 0 radical (unpaired) electrons. The topological polar surface area (TPSA) is 32.3 Å². The first-order chi connectivity index (χ1) is 15.3. The first kappa shape index (κ1) is 23.6. The quantitative estimate of drug-likeness (QED) is 0.525. The normalized spacial score (nSPS) is 25.7. The maximum atomic E-state index is 13.1. The Morgan fingerprint density at radius 1 is 1.00 bits per heavy atom. The lowest BCUT2D eigenvalue weighted by atomic mass is 9.72. The van der Waals surface area contributed by atoms with Gasteiger partial charge in [-0.25, -0.2) is 0 Å². The number of benzene rings is 2. The molecule has 32 heavy (non-hydrogen) atoms. The number of nitrogens with zero attached hydrogens (tertiary/aromatic N) is 1. The Morgan fingerprint density at radius 3 is 2.31 bits per heavy atom. The van der Waals surface area contributed by atoms with Crippen molar-refractivity contribution < 1.29 is 4.79 Å². The number of nitrogens with one attached hydrogen (secondary N) is 1. The third-order valence-electron chi connectivity index (χ3n) is 7.42. The summed E-state index contributed by atoms with van der Waals surface area (Å²) in [5, 5.41) is 5.42. The van der Waals surface area contributed by atoms with Crippen molar-refractivity contribution in [3.05, 3.63) is 68.7 Å². The number of carbonyl (C=O) groups is 1. The second-order valence-electron chi connectivity index (χ2n) is 9.89. The molecule has 2 saturated heterocycles. The first-order valence-corrected chi connectivity index (χ1v) is 12.6. The van der Waals surface area contributed by atoms with Gasteiger partial charge in [-0.15, -0.1) is 0 Å². The molecule has 5 heteroatoms. The van der Waals surface area contributed by atoms with Gasteiger partial charge in [0.2, 0.25) is 5.91 Å². The van der Waals surface area contributed by atoms with Gasteiger partial charge in [-0.3, -0.25) is 4.79 Å². The van der Waals surface area contributed by atoms with E-state index in [0.717, 1.165) is 36.0 Å². The Hall–Kier alpha value is -1.55. The standard InChI is InChI=1S/C27H34Cl2N2O/c1-16(2)25-23(15-24(32)31-11-5-6-12-31)30-27(22-14-20(29)8-7-17(22)3)26(25)21-10-9-19(28)13-18(21)4/h7-10,13-14,16,23,25-27,30H,5-6,11-12,15H2,1-4H3. The molecule has 4 rings (SSSR count). The number of rotatable bonds is 5. The third-order valence-corrected chi connectivity index (χ3v) is 7.89. The predicted molar refractivity (Wildman–Crippen MR) is 134 cm³/mol. The third kappa shape index (κ3) is 4.71. The molecule has 0 aromatic heterocycles. The molecule has 0 spiro atoms. The highest BCUT2D eigenvalue weighted by Crippen LogP contribution is 2.50. The number of carbonyl (C=O) groups excluding carboxylic acids is 1. The van der Waals surface area contributed by atoms with Crippen LogP contribution in [0.25, 0.3) is 0 Å². The Labute approximate surface area is 202 Å². The van der Waals surface area contributed by atoms with Crippen molar-refractivity contribution in [2.24, 2.45) is 11.8 Å². The van der Waals surface area contributed by atoms with E-state index in [1.165, 1.54) is 22.3 Å². The summed E-state index contributed by atoms with van der Waals surface area (Å²) in [5.74, 6) is 1.26. The molecule has 2 aromatic rings. The van der Waals surface area contributed by atoms with Crippen LogP contribution in [0, 0.1) is 25.7 Å². The Morgan fingerprint density at radius 2 is 1.66 bits per heavy atom.